The van der Waals surface area contributed by atoms with Crippen molar-refractivity contribution in [2.75, 3.05) is 72.8 Å². The Kier molecular flexibility index (Phi) is 23.0. The van der Waals surface area contributed by atoms with E-state index in [9.17, 15) is 28.8 Å². The van der Waals surface area contributed by atoms with Gasteiger partial charge in [0.2, 0.25) is 0 Å². The minimum Gasteiger partial charge on any atom is -1.00 e. The summed E-state index contributed by atoms with van der Waals surface area (Å²) in [5.41, 5.74) is 3.48. The van der Waals surface area contributed by atoms with E-state index in [1.807, 2.05) is 104 Å². The zero-order valence-corrected chi connectivity index (χ0v) is 47.7. The van der Waals surface area contributed by atoms with Crippen molar-refractivity contribution in [2.24, 2.45) is 0 Å². The zero-order chi connectivity index (χ0) is 53.2. The van der Waals surface area contributed by atoms with Crippen LogP contribution in [0.15, 0.2) is 109 Å². The third-order valence-electron chi connectivity index (χ3n) is 12.6. The average Bonchev–Trinajstić information content (AvgIpc) is 3.39. The molecule has 6 aromatic carbocycles. The highest BCUT2D eigenvalue weighted by molar-refractivity contribution is 9.12. The number of hydrogen-bond acceptors (Lipinski definition) is 8. The van der Waals surface area contributed by atoms with Crippen LogP contribution in [-0.2, 0) is 4.74 Å². The van der Waals surface area contributed by atoms with Crippen LogP contribution < -0.4 is 22.3 Å². The molecule has 0 radical (unpaired) electrons. The van der Waals surface area contributed by atoms with Gasteiger partial charge in [-0.3, -0.25) is 34.3 Å². The molecule has 75 heavy (non-hydrogen) atoms. The molecule has 4 amide bonds. The summed E-state index contributed by atoms with van der Waals surface area (Å²) in [5, 5.41) is 8.01. The highest BCUT2D eigenvalue weighted by Crippen LogP contribution is 2.32. The van der Waals surface area contributed by atoms with Gasteiger partial charge in [-0.1, -0.05) is 95.1 Å². The van der Waals surface area contributed by atoms with Gasteiger partial charge in [0.05, 0.1) is 44.9 Å². The lowest BCUT2D eigenvalue weighted by molar-refractivity contribution is -0.890. The summed E-state index contributed by atoms with van der Waals surface area (Å²) in [5.74, 6) is 8.46. The van der Waals surface area contributed by atoms with Gasteiger partial charge in [-0.05, 0) is 117 Å². The molecule has 12 nitrogen and oxygen atoms in total. The quantitative estimate of drug-likeness (QED) is 0.0241. The molecule has 6 aromatic rings. The number of carbonyl (C=O) groups is 6. The predicted molar refractivity (Wildman–Crippen MR) is 299 cm³/mol. The van der Waals surface area contributed by atoms with Gasteiger partial charge in [0.1, 0.15) is 6.04 Å². The van der Waals surface area contributed by atoms with Crippen molar-refractivity contribution in [3.63, 3.8) is 0 Å². The maximum Gasteiger partial charge on any atom is 0.346 e. The van der Waals surface area contributed by atoms with Gasteiger partial charge in [0.15, 0.2) is 0 Å². The van der Waals surface area contributed by atoms with Crippen molar-refractivity contribution in [2.45, 2.75) is 45.4 Å². The van der Waals surface area contributed by atoms with Crippen LogP contribution in [0.2, 0.25) is 0 Å². The molecule has 0 atom stereocenters. The topological polar surface area (TPSA) is 138 Å². The smallest absolute Gasteiger partial charge is 0.346 e. The number of amides is 4. The van der Waals surface area contributed by atoms with E-state index in [0.29, 0.717) is 51.9 Å². The Hall–Kier alpha value is -6.48. The molecular formula is C60H61Br3N5O7+. The fourth-order valence-corrected chi connectivity index (χ4v) is 9.51. The largest absolute Gasteiger partial charge is 1.00 e. The summed E-state index contributed by atoms with van der Waals surface area (Å²) in [6, 6.07) is 36.0. The number of nitrogens with two attached hydrogens (primary N) is 1. The lowest BCUT2D eigenvalue weighted by Crippen LogP contribution is -3.00. The van der Waals surface area contributed by atoms with Crippen LogP contribution in [0.1, 0.15) is 108 Å². The molecule has 0 saturated carbocycles. The summed E-state index contributed by atoms with van der Waals surface area (Å²) in [6.07, 6.45) is 6.59. The second-order valence-corrected chi connectivity index (χ2v) is 19.9. The molecule has 388 valence electrons. The number of unbranched alkanes of at least 4 members (excludes halogenated alkanes) is 3. The van der Waals surface area contributed by atoms with Crippen molar-refractivity contribution in [3.8, 4) is 34.6 Å². The van der Waals surface area contributed by atoms with Crippen LogP contribution in [0.5, 0.6) is 0 Å². The summed E-state index contributed by atoms with van der Waals surface area (Å²) in [6.45, 7) is 6.87. The van der Waals surface area contributed by atoms with Gasteiger partial charge < -0.3 is 31.1 Å². The van der Waals surface area contributed by atoms with Crippen LogP contribution in [0.3, 0.4) is 0 Å². The number of esters is 2. The van der Waals surface area contributed by atoms with Crippen LogP contribution in [0.4, 0.5) is 0 Å². The van der Waals surface area contributed by atoms with E-state index in [1.165, 1.54) is 35.5 Å². The summed E-state index contributed by atoms with van der Waals surface area (Å²) < 4.78 is 5.55. The van der Waals surface area contributed by atoms with Crippen molar-refractivity contribution in [1.29, 1.82) is 0 Å². The number of cyclic esters (lactones) is 2. The van der Waals surface area contributed by atoms with E-state index < -0.39 is 11.9 Å². The molecule has 0 saturated heterocycles. The lowest BCUT2D eigenvalue weighted by atomic mass is 9.94. The fourth-order valence-electron chi connectivity index (χ4n) is 9.02. The monoisotopic (exact) mass is 1200 g/mol. The molecule has 0 unspecified atom stereocenters. The molecule has 2 N–H and O–H groups in total. The molecule has 15 heteroatoms. The SMILES string of the molecule is CC[NH2+]C#CC#CC#CBr.CN(C)CCCN1C(=O)c2cccc3cccc(c23)C1=O.C[N+](C)(CCCCCCBr)CCCN1C(=O)c2cccc3cccc(c23)C1=O.O=C1OC(=O)c2cccc3cccc1c23.[Br-]. The fraction of sp³-hybridized carbons (Fsp3) is 0.300. The first-order valence-electron chi connectivity index (χ1n) is 24.7. The Labute approximate surface area is 467 Å². The Balaban J connectivity index is 0.000000196. The average molecular weight is 1200 g/mol. The molecule has 9 rings (SSSR count). The summed E-state index contributed by atoms with van der Waals surface area (Å²) >= 11 is 6.39. The number of quaternary nitrogens is 2. The molecule has 0 spiro atoms. The minimum atomic E-state index is -0.565. The van der Waals surface area contributed by atoms with Gasteiger partial charge in [-0.2, -0.15) is 0 Å². The van der Waals surface area contributed by atoms with Crippen molar-refractivity contribution >= 4 is 99.7 Å². The number of alkyl halides is 1. The first kappa shape index (κ1) is 59.4. The first-order chi connectivity index (χ1) is 35.7. The lowest BCUT2D eigenvalue weighted by Gasteiger charge is -2.32. The number of nitrogens with zero attached hydrogens (tertiary/aromatic N) is 4. The van der Waals surface area contributed by atoms with E-state index in [1.54, 1.807) is 36.4 Å². The molecule has 0 aliphatic carbocycles. The number of benzene rings is 6. The molecule has 0 aromatic heterocycles. The van der Waals surface area contributed by atoms with Crippen LogP contribution in [0.25, 0.3) is 32.3 Å². The van der Waals surface area contributed by atoms with Crippen LogP contribution in [-0.4, -0.2) is 128 Å². The maximum atomic E-state index is 12.9. The molecule has 3 aliphatic heterocycles. The van der Waals surface area contributed by atoms with Gasteiger partial charge in [0.25, 0.3) is 23.6 Å². The molecule has 3 heterocycles. The van der Waals surface area contributed by atoms with Gasteiger partial charge >= 0.3 is 11.9 Å². The molecule has 3 aliphatic rings. The number of imide groups is 2. The second-order valence-electron chi connectivity index (χ2n) is 18.7. The molecule has 0 fully saturated rings. The Morgan fingerprint density at radius 1 is 0.533 bits per heavy atom. The highest BCUT2D eigenvalue weighted by Gasteiger charge is 2.34. The van der Waals surface area contributed by atoms with Crippen molar-refractivity contribution in [3.05, 3.63) is 143 Å². The third-order valence-corrected chi connectivity index (χ3v) is 13.4. The van der Waals surface area contributed by atoms with E-state index in [2.05, 4.69) is 85.2 Å². The predicted octanol–water partition coefficient (Wildman–Crippen LogP) is 6.29. The Bertz CT molecular complexity index is 3130. The number of halogens is 3. The van der Waals surface area contributed by atoms with E-state index >= 15 is 0 Å². The number of carbonyl (C=O) groups excluding carboxylic acids is 6. The zero-order valence-electron chi connectivity index (χ0n) is 42.9. The van der Waals surface area contributed by atoms with E-state index in [0.717, 1.165) is 75.8 Å². The standard InChI is InChI=1S/C23H30BrN2O2.C17H18N2O2.C12H6O3.C8H6BrN.BrH/c1-26(2,16-6-4-3-5-14-24)17-9-15-25-22(27)19-12-7-10-18-11-8-13-20(21(18)19)23(25)28;1-18(2)10-5-11-19-16(20)13-8-3-6-12-7-4-9-14(15(12)13)17(19)21;13-11-8-5-1-3-7-4-2-6-9(10(7)8)12(14)15-11;1-2-10-8-6-4-3-5-7-9;/h7-8,10-13H,3-6,9,14-17H2,1-2H3;3-4,6-9H,5,10-11H2,1-2H3;1-6H;10H,2H2,1H3;1H/q+1;;;;. The van der Waals surface area contributed by atoms with Crippen LogP contribution in [0, 0.1) is 34.6 Å². The molecular weight excluding hydrogens is 1140 g/mol. The van der Waals surface area contributed by atoms with Crippen molar-refractivity contribution < 1.29 is 60.3 Å². The van der Waals surface area contributed by atoms with Gasteiger partial charge in [-0.25, -0.2) is 9.59 Å². The number of rotatable bonds is 15. The highest BCUT2D eigenvalue weighted by atomic mass is 79.9. The Morgan fingerprint density at radius 3 is 1.33 bits per heavy atom. The second kappa shape index (κ2) is 29.0. The maximum absolute atomic E-state index is 12.9. The minimum absolute atomic E-state index is 0. The van der Waals surface area contributed by atoms with E-state index in [-0.39, 0.29) is 40.6 Å². The first-order valence-corrected chi connectivity index (χ1v) is 26.6. The van der Waals surface area contributed by atoms with Gasteiger partial charge in [-0.15, -0.1) is 0 Å². The van der Waals surface area contributed by atoms with Crippen molar-refractivity contribution in [1.82, 2.24) is 14.7 Å². The normalized spacial score (nSPS) is 12.9. The number of hydrogen-bond donors (Lipinski definition) is 1. The summed E-state index contributed by atoms with van der Waals surface area (Å²) in [4.78, 5) is 81.2. The van der Waals surface area contributed by atoms with Gasteiger partial charge in [0, 0.05) is 96.9 Å². The number of ether oxygens (including phenoxy) is 1. The summed E-state index contributed by atoms with van der Waals surface area (Å²) in [7, 11) is 8.44. The van der Waals surface area contributed by atoms with Crippen LogP contribution >= 0.6 is 31.9 Å². The Morgan fingerprint density at radius 2 is 0.920 bits per heavy atom. The third kappa shape index (κ3) is 15.3. The molecule has 0 bridgehead atoms. The van der Waals surface area contributed by atoms with E-state index in [4.69, 9.17) is 0 Å².